The molecule has 31 heavy (non-hydrogen) atoms. The van der Waals surface area contributed by atoms with E-state index in [-0.39, 0.29) is 17.0 Å². The first-order valence-corrected chi connectivity index (χ1v) is 10.5. The number of amides is 1. The SMILES string of the molecule is COc1ccc(-n2cc(C(=O)NC(C)(C)C)c(-c3ccccc3)c2NC(C)(C)C)cc1. The lowest BCUT2D eigenvalue weighted by atomic mass is 10.0. The maximum Gasteiger partial charge on any atom is 0.253 e. The number of ether oxygens (including phenoxy) is 1. The summed E-state index contributed by atoms with van der Waals surface area (Å²) in [4.78, 5) is 13.3. The molecule has 0 bridgehead atoms. The van der Waals surface area contributed by atoms with Crippen molar-refractivity contribution in [3.8, 4) is 22.6 Å². The fourth-order valence-electron chi connectivity index (χ4n) is 3.41. The van der Waals surface area contributed by atoms with Crippen LogP contribution in [-0.4, -0.2) is 28.7 Å². The first-order chi connectivity index (χ1) is 14.5. The number of methoxy groups -OCH3 is 1. The molecule has 0 fully saturated rings. The maximum absolute atomic E-state index is 13.3. The number of benzene rings is 2. The van der Waals surface area contributed by atoms with Crippen LogP contribution in [0.25, 0.3) is 16.8 Å². The van der Waals surface area contributed by atoms with Gasteiger partial charge in [0.05, 0.1) is 12.7 Å². The lowest BCUT2D eigenvalue weighted by Gasteiger charge is -2.25. The third kappa shape index (κ3) is 5.48. The number of nitrogens with one attached hydrogen (secondary N) is 2. The number of hydrogen-bond acceptors (Lipinski definition) is 3. The summed E-state index contributed by atoms with van der Waals surface area (Å²) in [5, 5.41) is 6.75. The number of carbonyl (C=O) groups excluding carboxylic acids is 1. The van der Waals surface area contributed by atoms with Crippen LogP contribution < -0.4 is 15.4 Å². The summed E-state index contributed by atoms with van der Waals surface area (Å²) in [5.41, 5.74) is 2.89. The predicted molar refractivity (Wildman–Crippen MR) is 128 cm³/mol. The van der Waals surface area contributed by atoms with E-state index in [0.29, 0.717) is 5.56 Å². The summed E-state index contributed by atoms with van der Waals surface area (Å²) in [6, 6.07) is 17.9. The Kier molecular flexibility index (Phi) is 6.16. The molecule has 1 aromatic heterocycles. The van der Waals surface area contributed by atoms with Gasteiger partial charge in [0.25, 0.3) is 5.91 Å². The Balaban J connectivity index is 2.27. The molecule has 0 radical (unpaired) electrons. The first kappa shape index (κ1) is 22.5. The second-order valence-corrected chi connectivity index (χ2v) is 9.78. The summed E-state index contributed by atoms with van der Waals surface area (Å²) >= 11 is 0. The number of rotatable bonds is 5. The van der Waals surface area contributed by atoms with E-state index in [4.69, 9.17) is 4.74 Å². The van der Waals surface area contributed by atoms with Crippen LogP contribution in [0.5, 0.6) is 5.75 Å². The maximum atomic E-state index is 13.3. The van der Waals surface area contributed by atoms with E-state index in [1.807, 2.05) is 86.1 Å². The zero-order valence-electron chi connectivity index (χ0n) is 19.5. The van der Waals surface area contributed by atoms with Gasteiger partial charge >= 0.3 is 0 Å². The van der Waals surface area contributed by atoms with Crippen molar-refractivity contribution in [2.75, 3.05) is 12.4 Å². The lowest BCUT2D eigenvalue weighted by Crippen LogP contribution is -2.40. The average molecular weight is 420 g/mol. The van der Waals surface area contributed by atoms with Gasteiger partial charge in [-0.15, -0.1) is 0 Å². The van der Waals surface area contributed by atoms with Gasteiger partial charge in [0.2, 0.25) is 0 Å². The highest BCUT2D eigenvalue weighted by molar-refractivity contribution is 6.04. The van der Waals surface area contributed by atoms with E-state index >= 15 is 0 Å². The molecule has 2 aromatic carbocycles. The predicted octanol–water partition coefficient (Wildman–Crippen LogP) is 5.89. The van der Waals surface area contributed by atoms with Gasteiger partial charge in [-0.3, -0.25) is 4.79 Å². The summed E-state index contributed by atoms with van der Waals surface area (Å²) in [7, 11) is 1.65. The minimum atomic E-state index is -0.342. The number of aromatic nitrogens is 1. The molecule has 2 N–H and O–H groups in total. The molecule has 0 saturated carbocycles. The summed E-state index contributed by atoms with van der Waals surface area (Å²) < 4.78 is 7.36. The molecule has 164 valence electrons. The molecular weight excluding hydrogens is 386 g/mol. The van der Waals surface area contributed by atoms with Crippen LogP contribution in [0.3, 0.4) is 0 Å². The van der Waals surface area contributed by atoms with Gasteiger partial charge in [-0.25, -0.2) is 0 Å². The zero-order valence-corrected chi connectivity index (χ0v) is 19.5. The smallest absolute Gasteiger partial charge is 0.253 e. The van der Waals surface area contributed by atoms with E-state index < -0.39 is 0 Å². The van der Waals surface area contributed by atoms with E-state index in [1.165, 1.54) is 0 Å². The van der Waals surface area contributed by atoms with Crippen molar-refractivity contribution >= 4 is 11.7 Å². The Bertz CT molecular complexity index is 1040. The molecule has 0 spiro atoms. The molecule has 1 amide bonds. The van der Waals surface area contributed by atoms with E-state index in [0.717, 1.165) is 28.4 Å². The Morgan fingerprint density at radius 1 is 0.871 bits per heavy atom. The largest absolute Gasteiger partial charge is 0.497 e. The number of anilines is 1. The number of nitrogens with zero attached hydrogens (tertiary/aromatic N) is 1. The number of carbonyl (C=O) groups is 1. The molecule has 5 nitrogen and oxygen atoms in total. The summed E-state index contributed by atoms with van der Waals surface area (Å²) in [5.74, 6) is 1.56. The van der Waals surface area contributed by atoms with Crippen LogP contribution in [-0.2, 0) is 0 Å². The minimum Gasteiger partial charge on any atom is -0.497 e. The zero-order chi connectivity index (χ0) is 22.8. The number of hydrogen-bond donors (Lipinski definition) is 2. The lowest BCUT2D eigenvalue weighted by molar-refractivity contribution is 0.0920. The van der Waals surface area contributed by atoms with Crippen molar-refractivity contribution in [3.05, 3.63) is 66.4 Å². The Hall–Kier alpha value is -3.21. The molecule has 0 aliphatic rings. The van der Waals surface area contributed by atoms with Gasteiger partial charge in [-0.05, 0) is 71.4 Å². The van der Waals surface area contributed by atoms with Gasteiger partial charge in [0, 0.05) is 28.5 Å². The molecule has 0 saturated heterocycles. The van der Waals surface area contributed by atoms with Crippen molar-refractivity contribution in [3.63, 3.8) is 0 Å². The van der Waals surface area contributed by atoms with Crippen molar-refractivity contribution in [1.82, 2.24) is 9.88 Å². The van der Waals surface area contributed by atoms with Gasteiger partial charge in [0.15, 0.2) is 0 Å². The molecule has 0 aliphatic heterocycles. The van der Waals surface area contributed by atoms with Crippen molar-refractivity contribution in [2.45, 2.75) is 52.6 Å². The van der Waals surface area contributed by atoms with E-state index in [1.54, 1.807) is 7.11 Å². The van der Waals surface area contributed by atoms with Crippen LogP contribution in [0.1, 0.15) is 51.9 Å². The topological polar surface area (TPSA) is 55.3 Å². The standard InChI is InChI=1S/C26H33N3O2/c1-25(2,3)27-23-22(18-11-9-8-10-12-18)21(24(30)28-26(4,5)6)17-29(23)19-13-15-20(31-7)16-14-19/h8-17,27H,1-7H3,(H,28,30). The molecule has 0 unspecified atom stereocenters. The molecule has 5 heteroatoms. The van der Waals surface area contributed by atoms with Crippen LogP contribution in [0.4, 0.5) is 5.82 Å². The molecule has 1 heterocycles. The summed E-state index contributed by atoms with van der Waals surface area (Å²) in [6.07, 6.45) is 1.92. The normalized spacial score (nSPS) is 11.8. The van der Waals surface area contributed by atoms with Crippen LogP contribution in [0.2, 0.25) is 0 Å². The third-order valence-electron chi connectivity index (χ3n) is 4.64. The molecule has 3 aromatic rings. The van der Waals surface area contributed by atoms with E-state index in [9.17, 15) is 4.79 Å². The van der Waals surface area contributed by atoms with Crippen LogP contribution in [0.15, 0.2) is 60.8 Å². The molecular formula is C26H33N3O2. The Morgan fingerprint density at radius 2 is 1.48 bits per heavy atom. The highest BCUT2D eigenvalue weighted by Gasteiger charge is 2.27. The van der Waals surface area contributed by atoms with Crippen molar-refractivity contribution in [1.29, 1.82) is 0 Å². The van der Waals surface area contributed by atoms with Gasteiger partial charge in [-0.2, -0.15) is 0 Å². The van der Waals surface area contributed by atoms with Gasteiger partial charge < -0.3 is 19.9 Å². The second-order valence-electron chi connectivity index (χ2n) is 9.78. The minimum absolute atomic E-state index is 0.101. The van der Waals surface area contributed by atoms with Gasteiger partial charge in [-0.1, -0.05) is 30.3 Å². The fourth-order valence-corrected chi connectivity index (χ4v) is 3.41. The third-order valence-corrected chi connectivity index (χ3v) is 4.64. The molecule has 0 aliphatic carbocycles. The Morgan fingerprint density at radius 3 is 2.00 bits per heavy atom. The highest BCUT2D eigenvalue weighted by atomic mass is 16.5. The quantitative estimate of drug-likeness (QED) is 0.542. The molecule has 3 rings (SSSR count). The van der Waals surface area contributed by atoms with Crippen LogP contribution in [0, 0.1) is 0 Å². The summed E-state index contributed by atoms with van der Waals surface area (Å²) in [6.45, 7) is 12.3. The highest BCUT2D eigenvalue weighted by Crippen LogP contribution is 2.37. The van der Waals surface area contributed by atoms with Crippen molar-refractivity contribution in [2.24, 2.45) is 0 Å². The molecule has 0 atom stereocenters. The van der Waals surface area contributed by atoms with Crippen LogP contribution >= 0.6 is 0 Å². The van der Waals surface area contributed by atoms with Crippen molar-refractivity contribution < 1.29 is 9.53 Å². The average Bonchev–Trinajstić information content (AvgIpc) is 3.05. The fraction of sp³-hybridized carbons (Fsp3) is 0.346. The van der Waals surface area contributed by atoms with Gasteiger partial charge in [0.1, 0.15) is 11.6 Å². The monoisotopic (exact) mass is 419 g/mol. The first-order valence-electron chi connectivity index (χ1n) is 10.5. The van der Waals surface area contributed by atoms with E-state index in [2.05, 4.69) is 31.4 Å². The second kappa shape index (κ2) is 8.50. The Labute approximate surface area is 185 Å².